The Balaban J connectivity index is 2.03. The molecule has 27 heavy (non-hydrogen) atoms. The van der Waals surface area contributed by atoms with Gasteiger partial charge in [-0.25, -0.2) is 9.78 Å². The fraction of sp³-hybridized carbons (Fsp3) is 0.0526. The van der Waals surface area contributed by atoms with Gasteiger partial charge >= 0.3 is 5.69 Å². The lowest BCUT2D eigenvalue weighted by Gasteiger charge is -2.04. The molecule has 8 heteroatoms. The molecule has 1 N–H and O–H groups in total. The standard InChI is InChI=1S/C19H12ClN5OS/c1-2-11-27-18-22-17-15(12-6-8-13(20)9-7-12)16(14-5-3-4-10-21-14)24-25(17)19(26)23-18/h1,3-10H,11H2,(H,22,23,26). The molecule has 0 aliphatic carbocycles. The summed E-state index contributed by atoms with van der Waals surface area (Å²) in [4.78, 5) is 24.2. The van der Waals surface area contributed by atoms with Crippen LogP contribution in [-0.4, -0.2) is 30.3 Å². The number of hydrogen-bond acceptors (Lipinski definition) is 5. The summed E-state index contributed by atoms with van der Waals surface area (Å²) in [5.74, 6) is 2.92. The van der Waals surface area contributed by atoms with E-state index >= 15 is 0 Å². The van der Waals surface area contributed by atoms with Crippen molar-refractivity contribution >= 4 is 29.0 Å². The van der Waals surface area contributed by atoms with Gasteiger partial charge in [-0.3, -0.25) is 9.97 Å². The maximum absolute atomic E-state index is 12.5. The zero-order valence-corrected chi connectivity index (χ0v) is 15.5. The van der Waals surface area contributed by atoms with E-state index in [4.69, 9.17) is 18.0 Å². The number of fused-ring (bicyclic) bond motifs is 1. The molecule has 0 bridgehead atoms. The number of halogens is 1. The van der Waals surface area contributed by atoms with Crippen molar-refractivity contribution in [2.24, 2.45) is 0 Å². The van der Waals surface area contributed by atoms with Gasteiger partial charge in [-0.05, 0) is 29.8 Å². The number of thioether (sulfide) groups is 1. The van der Waals surface area contributed by atoms with E-state index in [-0.39, 0.29) is 0 Å². The number of aromatic nitrogens is 5. The predicted molar refractivity (Wildman–Crippen MR) is 107 cm³/mol. The normalized spacial score (nSPS) is 10.8. The molecule has 0 aliphatic rings. The van der Waals surface area contributed by atoms with Crippen LogP contribution in [0.2, 0.25) is 5.02 Å². The van der Waals surface area contributed by atoms with Crippen LogP contribution in [0.15, 0.2) is 58.6 Å². The Morgan fingerprint density at radius 1 is 1.22 bits per heavy atom. The fourth-order valence-corrected chi connectivity index (χ4v) is 3.32. The minimum atomic E-state index is -0.392. The number of benzene rings is 1. The van der Waals surface area contributed by atoms with Gasteiger partial charge in [-0.15, -0.1) is 6.42 Å². The van der Waals surface area contributed by atoms with Crippen LogP contribution >= 0.6 is 23.4 Å². The number of H-pyrrole nitrogens is 1. The van der Waals surface area contributed by atoms with E-state index in [0.717, 1.165) is 5.56 Å². The maximum atomic E-state index is 12.5. The number of terminal acetylenes is 1. The molecule has 0 aliphatic heterocycles. The Morgan fingerprint density at radius 2 is 2.04 bits per heavy atom. The van der Waals surface area contributed by atoms with E-state index in [0.29, 0.717) is 38.5 Å². The topological polar surface area (TPSA) is 75.9 Å². The van der Waals surface area contributed by atoms with E-state index < -0.39 is 5.69 Å². The molecular formula is C19H12ClN5OS. The Hall–Kier alpha value is -3.08. The van der Waals surface area contributed by atoms with Gasteiger partial charge in [-0.2, -0.15) is 9.61 Å². The largest absolute Gasteiger partial charge is 0.350 e. The summed E-state index contributed by atoms with van der Waals surface area (Å²) in [5, 5.41) is 5.52. The SMILES string of the molecule is C#CCSc1nc2c(-c3ccc(Cl)cc3)c(-c3ccccn3)nn2c(=O)[nH]1. The number of rotatable bonds is 4. The van der Waals surface area contributed by atoms with Crippen molar-refractivity contribution in [3.8, 4) is 34.9 Å². The highest BCUT2D eigenvalue weighted by atomic mass is 35.5. The van der Waals surface area contributed by atoms with Gasteiger partial charge in [0.15, 0.2) is 10.8 Å². The van der Waals surface area contributed by atoms with Gasteiger partial charge in [0.05, 0.1) is 17.0 Å². The number of pyridine rings is 1. The lowest BCUT2D eigenvalue weighted by molar-refractivity contribution is 0.788. The molecule has 4 rings (SSSR count). The number of nitrogens with one attached hydrogen (secondary N) is 1. The molecule has 132 valence electrons. The monoisotopic (exact) mass is 393 g/mol. The van der Waals surface area contributed by atoms with Crippen LogP contribution in [0, 0.1) is 12.3 Å². The van der Waals surface area contributed by atoms with Gasteiger partial charge in [0.25, 0.3) is 0 Å². The number of hydrogen-bond donors (Lipinski definition) is 1. The molecule has 0 radical (unpaired) electrons. The molecule has 6 nitrogen and oxygen atoms in total. The van der Waals surface area contributed by atoms with E-state index in [9.17, 15) is 4.79 Å². The smallest absolute Gasteiger partial charge is 0.285 e. The van der Waals surface area contributed by atoms with Crippen LogP contribution in [0.4, 0.5) is 0 Å². The van der Waals surface area contributed by atoms with Gasteiger partial charge in [0.2, 0.25) is 0 Å². The molecule has 0 spiro atoms. The highest BCUT2D eigenvalue weighted by molar-refractivity contribution is 7.99. The van der Waals surface area contributed by atoms with E-state index in [1.165, 1.54) is 16.3 Å². The van der Waals surface area contributed by atoms with Crippen LogP contribution in [-0.2, 0) is 0 Å². The molecule has 0 unspecified atom stereocenters. The number of aromatic amines is 1. The molecule has 1 aromatic carbocycles. The van der Waals surface area contributed by atoms with Crippen molar-refractivity contribution in [2.75, 3.05) is 5.75 Å². The summed E-state index contributed by atoms with van der Waals surface area (Å²) in [6.07, 6.45) is 6.99. The van der Waals surface area contributed by atoms with Crippen LogP contribution in [0.5, 0.6) is 0 Å². The van der Waals surface area contributed by atoms with Crippen molar-refractivity contribution in [3.63, 3.8) is 0 Å². The summed E-state index contributed by atoms with van der Waals surface area (Å²) in [5.41, 5.74) is 2.79. The predicted octanol–water partition coefficient (Wildman–Crippen LogP) is 3.53. The Bertz CT molecular complexity index is 1210. The molecule has 3 aromatic heterocycles. The average molecular weight is 394 g/mol. The van der Waals surface area contributed by atoms with Gasteiger partial charge in [-0.1, -0.05) is 47.5 Å². The van der Waals surface area contributed by atoms with Crippen LogP contribution in [0.25, 0.3) is 28.2 Å². The minimum absolute atomic E-state index is 0.392. The van der Waals surface area contributed by atoms with Gasteiger partial charge in [0, 0.05) is 11.2 Å². The minimum Gasteiger partial charge on any atom is -0.285 e. The molecule has 0 saturated heterocycles. The van der Waals surface area contributed by atoms with Crippen molar-refractivity contribution in [2.45, 2.75) is 5.16 Å². The third-order valence-corrected chi connectivity index (χ3v) is 4.84. The first kappa shape index (κ1) is 17.3. The molecule has 0 atom stereocenters. The summed E-state index contributed by atoms with van der Waals surface area (Å²) in [7, 11) is 0. The second kappa shape index (κ2) is 7.27. The van der Waals surface area contributed by atoms with Gasteiger partial charge in [0.1, 0.15) is 5.69 Å². The third kappa shape index (κ3) is 3.33. The molecule has 3 heterocycles. The van der Waals surface area contributed by atoms with Crippen LogP contribution in [0.3, 0.4) is 0 Å². The number of nitrogens with zero attached hydrogens (tertiary/aromatic N) is 4. The third-order valence-electron chi connectivity index (χ3n) is 3.81. The van der Waals surface area contributed by atoms with Crippen molar-refractivity contribution in [3.05, 3.63) is 64.2 Å². The maximum Gasteiger partial charge on any atom is 0.350 e. The second-order valence-corrected chi connectivity index (χ2v) is 6.92. The van der Waals surface area contributed by atoms with E-state index in [2.05, 4.69) is 26.0 Å². The lowest BCUT2D eigenvalue weighted by atomic mass is 10.0. The highest BCUT2D eigenvalue weighted by Crippen LogP contribution is 2.33. The first-order valence-electron chi connectivity index (χ1n) is 7.94. The average Bonchev–Trinajstić information content (AvgIpc) is 3.08. The van der Waals surface area contributed by atoms with Crippen molar-refractivity contribution in [1.82, 2.24) is 24.6 Å². The second-order valence-electron chi connectivity index (χ2n) is 5.52. The summed E-state index contributed by atoms with van der Waals surface area (Å²) in [6.45, 7) is 0. The Kier molecular flexibility index (Phi) is 4.67. The zero-order valence-electron chi connectivity index (χ0n) is 13.9. The molecular weight excluding hydrogens is 382 g/mol. The Morgan fingerprint density at radius 3 is 2.74 bits per heavy atom. The molecule has 0 saturated carbocycles. The lowest BCUT2D eigenvalue weighted by Crippen LogP contribution is -2.19. The van der Waals surface area contributed by atoms with Crippen molar-refractivity contribution < 1.29 is 0 Å². The van der Waals surface area contributed by atoms with Crippen LogP contribution < -0.4 is 5.69 Å². The summed E-state index contributed by atoms with van der Waals surface area (Å²) >= 11 is 7.31. The van der Waals surface area contributed by atoms with Crippen molar-refractivity contribution in [1.29, 1.82) is 0 Å². The van der Waals surface area contributed by atoms with Crippen LogP contribution in [0.1, 0.15) is 0 Å². The highest BCUT2D eigenvalue weighted by Gasteiger charge is 2.20. The van der Waals surface area contributed by atoms with Gasteiger partial charge < -0.3 is 0 Å². The van der Waals surface area contributed by atoms with E-state index in [1.807, 2.05) is 30.3 Å². The first-order chi connectivity index (χ1) is 13.2. The zero-order chi connectivity index (χ0) is 18.8. The molecule has 0 amide bonds. The summed E-state index contributed by atoms with van der Waals surface area (Å²) < 4.78 is 1.24. The quantitative estimate of drug-likeness (QED) is 0.424. The summed E-state index contributed by atoms with van der Waals surface area (Å²) in [6, 6.07) is 12.8. The molecule has 0 fully saturated rings. The molecule has 4 aromatic rings. The first-order valence-corrected chi connectivity index (χ1v) is 9.30. The van der Waals surface area contributed by atoms with E-state index in [1.54, 1.807) is 18.3 Å². The Labute approximate surface area is 163 Å². The fourth-order valence-electron chi connectivity index (χ4n) is 2.67.